The van der Waals surface area contributed by atoms with E-state index in [9.17, 15) is 19.9 Å². The Kier molecular flexibility index (Phi) is 6.41. The molecule has 0 saturated carbocycles. The van der Waals surface area contributed by atoms with E-state index in [2.05, 4.69) is 5.32 Å². The van der Waals surface area contributed by atoms with Crippen molar-refractivity contribution in [1.82, 2.24) is 5.06 Å². The number of amides is 1. The number of nitrogens with zero attached hydrogens (tertiary/aromatic N) is 1. The maximum absolute atomic E-state index is 11.8. The highest BCUT2D eigenvalue weighted by atomic mass is 16.6. The lowest BCUT2D eigenvalue weighted by atomic mass is 9.97. The van der Waals surface area contributed by atoms with Crippen LogP contribution < -0.4 is 5.32 Å². The van der Waals surface area contributed by atoms with Crippen molar-refractivity contribution in [3.8, 4) is 0 Å². The topological polar surface area (TPSA) is 99.1 Å². The molecule has 0 aliphatic heterocycles. The van der Waals surface area contributed by atoms with Crippen molar-refractivity contribution in [3.63, 3.8) is 0 Å². The highest BCUT2D eigenvalue weighted by molar-refractivity contribution is 5.95. The molecule has 0 aromatic heterocycles. The fourth-order valence-electron chi connectivity index (χ4n) is 2.90. The summed E-state index contributed by atoms with van der Waals surface area (Å²) in [5.41, 5.74) is 3.77. The molecular formula is C20H24N2O5. The van der Waals surface area contributed by atoms with Crippen LogP contribution in [0.1, 0.15) is 46.9 Å². The molecule has 2 aromatic rings. The zero-order valence-electron chi connectivity index (χ0n) is 15.8. The minimum Gasteiger partial charge on any atom is -0.478 e. The van der Waals surface area contributed by atoms with E-state index in [0.717, 1.165) is 16.8 Å². The van der Waals surface area contributed by atoms with Crippen molar-refractivity contribution < 1.29 is 24.6 Å². The molecule has 0 spiro atoms. The number of carboxylic acids is 1. The number of carboxylic acid groups (broad SMARTS) is 1. The molecular weight excluding hydrogens is 348 g/mol. The van der Waals surface area contributed by atoms with Gasteiger partial charge in [-0.1, -0.05) is 24.3 Å². The van der Waals surface area contributed by atoms with Crippen LogP contribution in [-0.2, 0) is 4.74 Å². The third-order valence-electron chi connectivity index (χ3n) is 4.40. The normalized spacial score (nSPS) is 11.6. The second kappa shape index (κ2) is 8.55. The third-order valence-corrected chi connectivity index (χ3v) is 4.40. The molecule has 1 amide bonds. The molecule has 1 unspecified atom stereocenters. The van der Waals surface area contributed by atoms with Crippen molar-refractivity contribution >= 4 is 23.4 Å². The summed E-state index contributed by atoms with van der Waals surface area (Å²) in [6, 6.07) is 9.67. The number of aromatic carboxylic acids is 1. The molecule has 0 saturated heterocycles. The Morgan fingerprint density at radius 2 is 1.85 bits per heavy atom. The van der Waals surface area contributed by atoms with Gasteiger partial charge in [0.15, 0.2) is 0 Å². The van der Waals surface area contributed by atoms with Gasteiger partial charge in [-0.05, 0) is 56.5 Å². The number of anilines is 2. The minimum absolute atomic E-state index is 0.157. The van der Waals surface area contributed by atoms with Crippen LogP contribution in [0.4, 0.5) is 16.2 Å². The minimum atomic E-state index is -1.03. The molecule has 0 radical (unpaired) electrons. The zero-order chi connectivity index (χ0) is 20.1. The van der Waals surface area contributed by atoms with E-state index in [-0.39, 0.29) is 12.2 Å². The summed E-state index contributed by atoms with van der Waals surface area (Å²) in [7, 11) is 0. The van der Waals surface area contributed by atoms with E-state index in [1.165, 1.54) is 6.07 Å². The SMILES string of the molecule is CCOC(=O)N(O)C(C)c1ccc(C)c(Nc2ccccc2C(=O)O)c1C. The summed E-state index contributed by atoms with van der Waals surface area (Å²) < 4.78 is 4.83. The predicted molar refractivity (Wildman–Crippen MR) is 102 cm³/mol. The number of carbonyl (C=O) groups excluding carboxylic acids is 1. The molecule has 144 valence electrons. The second-order valence-electron chi connectivity index (χ2n) is 6.17. The highest BCUT2D eigenvalue weighted by Gasteiger charge is 2.24. The Hall–Kier alpha value is -3.06. The number of hydrogen-bond donors (Lipinski definition) is 3. The van der Waals surface area contributed by atoms with E-state index in [1.54, 1.807) is 32.0 Å². The highest BCUT2D eigenvalue weighted by Crippen LogP contribution is 2.33. The largest absolute Gasteiger partial charge is 0.478 e. The van der Waals surface area contributed by atoms with Gasteiger partial charge in [0.1, 0.15) is 0 Å². The fourth-order valence-corrected chi connectivity index (χ4v) is 2.90. The van der Waals surface area contributed by atoms with Gasteiger partial charge in [-0.25, -0.2) is 9.59 Å². The first kappa shape index (κ1) is 20.3. The number of benzene rings is 2. The van der Waals surface area contributed by atoms with Crippen molar-refractivity contribution in [1.29, 1.82) is 0 Å². The van der Waals surface area contributed by atoms with E-state index in [0.29, 0.717) is 16.3 Å². The van der Waals surface area contributed by atoms with Gasteiger partial charge in [-0.3, -0.25) is 5.21 Å². The van der Waals surface area contributed by atoms with Crippen LogP contribution in [0.25, 0.3) is 0 Å². The van der Waals surface area contributed by atoms with Gasteiger partial charge in [-0.15, -0.1) is 0 Å². The third kappa shape index (κ3) is 4.38. The lowest BCUT2D eigenvalue weighted by Crippen LogP contribution is -2.31. The number of hydrogen-bond acceptors (Lipinski definition) is 5. The van der Waals surface area contributed by atoms with E-state index < -0.39 is 18.1 Å². The summed E-state index contributed by atoms with van der Waals surface area (Å²) in [4.78, 5) is 23.3. The van der Waals surface area contributed by atoms with Crippen molar-refractivity contribution in [2.75, 3.05) is 11.9 Å². The van der Waals surface area contributed by atoms with Crippen molar-refractivity contribution in [3.05, 3.63) is 58.7 Å². The van der Waals surface area contributed by atoms with Gasteiger partial charge in [0.25, 0.3) is 0 Å². The smallest absolute Gasteiger partial charge is 0.434 e. The van der Waals surface area contributed by atoms with Crippen LogP contribution in [0, 0.1) is 13.8 Å². The maximum Gasteiger partial charge on any atom is 0.434 e. The number of aryl methyl sites for hydroxylation is 1. The van der Waals surface area contributed by atoms with Crippen LogP contribution >= 0.6 is 0 Å². The van der Waals surface area contributed by atoms with Crippen LogP contribution in [-0.4, -0.2) is 34.0 Å². The molecule has 7 heteroatoms. The molecule has 0 aliphatic carbocycles. The first-order valence-corrected chi connectivity index (χ1v) is 8.62. The van der Waals surface area contributed by atoms with E-state index in [4.69, 9.17) is 4.74 Å². The molecule has 7 nitrogen and oxygen atoms in total. The first-order valence-electron chi connectivity index (χ1n) is 8.62. The molecule has 0 heterocycles. The molecule has 0 aliphatic rings. The van der Waals surface area contributed by atoms with Gasteiger partial charge < -0.3 is 15.2 Å². The lowest BCUT2D eigenvalue weighted by Gasteiger charge is -2.25. The predicted octanol–water partition coefficient (Wildman–Crippen LogP) is 4.65. The van der Waals surface area contributed by atoms with Gasteiger partial charge in [-0.2, -0.15) is 5.06 Å². The summed E-state index contributed by atoms with van der Waals surface area (Å²) in [5, 5.41) is 23.2. The number of carbonyl (C=O) groups is 2. The molecule has 2 rings (SSSR count). The standard InChI is InChI=1S/C20H24N2O5/c1-5-27-20(25)22(26)14(4)15-11-10-12(2)18(13(15)3)21-17-9-7-6-8-16(17)19(23)24/h6-11,14,21,26H,5H2,1-4H3,(H,23,24). The van der Waals surface area contributed by atoms with Crippen LogP contribution in [0.2, 0.25) is 0 Å². The number of rotatable bonds is 6. The van der Waals surface area contributed by atoms with Crippen LogP contribution in [0.3, 0.4) is 0 Å². The fraction of sp³-hybridized carbons (Fsp3) is 0.300. The lowest BCUT2D eigenvalue weighted by molar-refractivity contribution is -0.101. The summed E-state index contributed by atoms with van der Waals surface area (Å²) in [6.45, 7) is 7.26. The first-order chi connectivity index (χ1) is 12.8. The molecule has 0 bridgehead atoms. The average Bonchev–Trinajstić information content (AvgIpc) is 2.64. The van der Waals surface area contributed by atoms with Gasteiger partial charge in [0, 0.05) is 5.69 Å². The van der Waals surface area contributed by atoms with Gasteiger partial charge in [0.05, 0.1) is 23.9 Å². The Bertz CT molecular complexity index is 850. The summed E-state index contributed by atoms with van der Waals surface area (Å²) >= 11 is 0. The number of para-hydroxylation sites is 1. The Morgan fingerprint density at radius 3 is 2.48 bits per heavy atom. The van der Waals surface area contributed by atoms with Gasteiger partial charge in [0.2, 0.25) is 0 Å². The van der Waals surface area contributed by atoms with Crippen LogP contribution in [0.15, 0.2) is 36.4 Å². The van der Waals surface area contributed by atoms with Crippen molar-refractivity contribution in [2.45, 2.75) is 33.7 Å². The molecule has 3 N–H and O–H groups in total. The quantitative estimate of drug-likeness (QED) is 0.504. The molecule has 1 atom stereocenters. The molecule has 27 heavy (non-hydrogen) atoms. The van der Waals surface area contributed by atoms with E-state index >= 15 is 0 Å². The maximum atomic E-state index is 11.8. The number of nitrogens with one attached hydrogen (secondary N) is 1. The molecule has 2 aromatic carbocycles. The van der Waals surface area contributed by atoms with E-state index in [1.807, 2.05) is 26.0 Å². The monoisotopic (exact) mass is 372 g/mol. The summed E-state index contributed by atoms with van der Waals surface area (Å²) in [6.07, 6.45) is -0.823. The Labute approximate surface area is 158 Å². The number of ether oxygens (including phenoxy) is 1. The van der Waals surface area contributed by atoms with Gasteiger partial charge >= 0.3 is 12.1 Å². The second-order valence-corrected chi connectivity index (χ2v) is 6.17. The molecule has 0 fully saturated rings. The zero-order valence-corrected chi connectivity index (χ0v) is 15.8. The van der Waals surface area contributed by atoms with Crippen LogP contribution in [0.5, 0.6) is 0 Å². The number of hydroxylamine groups is 2. The Morgan fingerprint density at radius 1 is 1.19 bits per heavy atom. The Balaban J connectivity index is 2.41. The summed E-state index contributed by atoms with van der Waals surface area (Å²) in [5.74, 6) is -1.03. The van der Waals surface area contributed by atoms with Crippen molar-refractivity contribution in [2.24, 2.45) is 0 Å². The average molecular weight is 372 g/mol.